The van der Waals surface area contributed by atoms with E-state index in [1.165, 1.54) is 0 Å². The number of nitrogens with zero attached hydrogens (tertiary/aromatic N) is 1. The first-order chi connectivity index (χ1) is 9.70. The monoisotopic (exact) mass is 332 g/mol. The Morgan fingerprint density at radius 1 is 1.20 bits per heavy atom. The molecule has 5 heteroatoms. The first-order valence-corrected chi connectivity index (χ1v) is 7.09. The minimum atomic E-state index is 0.348. The minimum absolute atomic E-state index is 0.348. The molecule has 3 aromatic rings. The zero-order chi connectivity index (χ0) is 14.1. The lowest BCUT2D eigenvalue weighted by Crippen LogP contribution is -1.89. The van der Waals surface area contributed by atoms with Crippen LogP contribution in [0.3, 0.4) is 0 Å². The van der Waals surface area contributed by atoms with E-state index in [1.54, 1.807) is 0 Å². The highest BCUT2D eigenvalue weighted by Gasteiger charge is 2.21. The van der Waals surface area contributed by atoms with Crippen LogP contribution in [-0.2, 0) is 6.42 Å². The molecule has 0 aliphatic rings. The average molecular weight is 333 g/mol. The summed E-state index contributed by atoms with van der Waals surface area (Å²) >= 11 is 3.52. The quantitative estimate of drug-likeness (QED) is 0.766. The van der Waals surface area contributed by atoms with Crippen molar-refractivity contribution in [3.05, 3.63) is 46.6 Å². The van der Waals surface area contributed by atoms with Gasteiger partial charge in [0.05, 0.1) is 5.56 Å². The molecule has 102 valence electrons. The Labute approximate surface area is 124 Å². The second-order valence-electron chi connectivity index (χ2n) is 4.37. The second kappa shape index (κ2) is 5.17. The van der Waals surface area contributed by atoms with Crippen molar-refractivity contribution < 1.29 is 8.94 Å². The predicted molar refractivity (Wildman–Crippen MR) is 81.1 cm³/mol. The molecular formula is C15H13BrN2O2. The highest BCUT2D eigenvalue weighted by molar-refractivity contribution is 9.10. The van der Waals surface area contributed by atoms with Crippen molar-refractivity contribution in [1.29, 1.82) is 0 Å². The maximum absolute atomic E-state index is 5.95. The Bertz CT molecular complexity index is 746. The number of rotatable bonds is 3. The topological polar surface area (TPSA) is 65.2 Å². The molecule has 4 nitrogen and oxygen atoms in total. The van der Waals surface area contributed by atoms with Gasteiger partial charge in [0.15, 0.2) is 11.6 Å². The highest BCUT2D eigenvalue weighted by atomic mass is 79.9. The normalized spacial score (nSPS) is 10.9. The molecule has 0 aliphatic heterocycles. The van der Waals surface area contributed by atoms with E-state index >= 15 is 0 Å². The van der Waals surface area contributed by atoms with Crippen LogP contribution in [0.25, 0.3) is 22.6 Å². The van der Waals surface area contributed by atoms with Gasteiger partial charge in [0.2, 0.25) is 5.76 Å². The van der Waals surface area contributed by atoms with E-state index in [4.69, 9.17) is 14.7 Å². The minimum Gasteiger partial charge on any atom is -0.458 e. The van der Waals surface area contributed by atoms with E-state index in [0.29, 0.717) is 17.3 Å². The molecule has 0 amide bonds. The van der Waals surface area contributed by atoms with E-state index in [9.17, 15) is 0 Å². The molecular weight excluding hydrogens is 320 g/mol. The standard InChI is InChI=1S/C15H13BrN2O2/c1-2-9-7-8-12(19-9)14-13(15(17)18-20-14)10-5-3-4-6-11(10)16/h3-8H,2H2,1H3,(H2,17,18). The molecule has 2 aromatic heterocycles. The van der Waals surface area contributed by atoms with Crippen LogP contribution in [0, 0.1) is 0 Å². The summed E-state index contributed by atoms with van der Waals surface area (Å²) in [6, 6.07) is 11.6. The summed E-state index contributed by atoms with van der Waals surface area (Å²) in [5.41, 5.74) is 7.62. The molecule has 0 atom stereocenters. The third-order valence-electron chi connectivity index (χ3n) is 3.10. The number of aromatic nitrogens is 1. The number of aryl methyl sites for hydroxylation is 1. The van der Waals surface area contributed by atoms with Crippen LogP contribution < -0.4 is 5.73 Å². The SMILES string of the molecule is CCc1ccc(-c2onc(N)c2-c2ccccc2Br)o1. The Morgan fingerprint density at radius 3 is 2.70 bits per heavy atom. The van der Waals surface area contributed by atoms with Gasteiger partial charge in [0, 0.05) is 16.5 Å². The Balaban J connectivity index is 2.17. The molecule has 0 unspecified atom stereocenters. The van der Waals surface area contributed by atoms with Crippen LogP contribution in [-0.4, -0.2) is 5.16 Å². The molecule has 1 aromatic carbocycles. The van der Waals surface area contributed by atoms with Gasteiger partial charge in [-0.1, -0.05) is 46.2 Å². The summed E-state index contributed by atoms with van der Waals surface area (Å²) < 4.78 is 12.0. The number of hydrogen-bond acceptors (Lipinski definition) is 4. The fourth-order valence-corrected chi connectivity index (χ4v) is 2.57. The van der Waals surface area contributed by atoms with Crippen LogP contribution in [0.1, 0.15) is 12.7 Å². The summed E-state index contributed by atoms with van der Waals surface area (Å²) in [6.45, 7) is 2.03. The first kappa shape index (κ1) is 13.0. The number of halogens is 1. The Morgan fingerprint density at radius 2 is 2.00 bits per heavy atom. The molecule has 0 bridgehead atoms. The number of hydrogen-bond donors (Lipinski definition) is 1. The van der Waals surface area contributed by atoms with Crippen molar-refractivity contribution in [3.63, 3.8) is 0 Å². The molecule has 0 aliphatic carbocycles. The molecule has 3 rings (SSSR count). The number of furan rings is 1. The first-order valence-electron chi connectivity index (χ1n) is 6.29. The van der Waals surface area contributed by atoms with Gasteiger partial charge in [0.25, 0.3) is 0 Å². The second-order valence-corrected chi connectivity index (χ2v) is 5.23. The van der Waals surface area contributed by atoms with E-state index in [0.717, 1.165) is 27.8 Å². The van der Waals surface area contributed by atoms with E-state index in [1.807, 2.05) is 43.3 Å². The van der Waals surface area contributed by atoms with Crippen LogP contribution in [0.4, 0.5) is 5.82 Å². The number of nitrogens with two attached hydrogens (primary N) is 1. The van der Waals surface area contributed by atoms with Crippen LogP contribution in [0.2, 0.25) is 0 Å². The van der Waals surface area contributed by atoms with Gasteiger partial charge in [-0.25, -0.2) is 0 Å². The van der Waals surface area contributed by atoms with Crippen molar-refractivity contribution in [2.24, 2.45) is 0 Å². The molecule has 0 radical (unpaired) electrons. The maximum Gasteiger partial charge on any atom is 0.212 e. The zero-order valence-electron chi connectivity index (χ0n) is 10.9. The molecule has 0 saturated carbocycles. The zero-order valence-corrected chi connectivity index (χ0v) is 12.5. The summed E-state index contributed by atoms with van der Waals surface area (Å²) in [4.78, 5) is 0. The van der Waals surface area contributed by atoms with Crippen molar-refractivity contribution >= 4 is 21.7 Å². The van der Waals surface area contributed by atoms with Gasteiger partial charge >= 0.3 is 0 Å². The third-order valence-corrected chi connectivity index (χ3v) is 3.79. The van der Waals surface area contributed by atoms with Gasteiger partial charge in [-0.2, -0.15) is 0 Å². The Kier molecular flexibility index (Phi) is 3.36. The van der Waals surface area contributed by atoms with E-state index < -0.39 is 0 Å². The largest absolute Gasteiger partial charge is 0.458 e. The van der Waals surface area contributed by atoms with Crippen LogP contribution in [0.15, 0.2) is 49.8 Å². The number of nitrogen functional groups attached to an aromatic ring is 1. The number of anilines is 1. The van der Waals surface area contributed by atoms with Crippen molar-refractivity contribution in [3.8, 4) is 22.6 Å². The van der Waals surface area contributed by atoms with Crippen LogP contribution in [0.5, 0.6) is 0 Å². The van der Waals surface area contributed by atoms with Gasteiger partial charge in [-0.3, -0.25) is 0 Å². The maximum atomic E-state index is 5.95. The highest BCUT2D eigenvalue weighted by Crippen LogP contribution is 2.40. The van der Waals surface area contributed by atoms with Gasteiger partial charge in [-0.15, -0.1) is 0 Å². The third kappa shape index (κ3) is 2.14. The molecule has 0 spiro atoms. The molecule has 2 N–H and O–H groups in total. The van der Waals surface area contributed by atoms with Crippen molar-refractivity contribution in [2.45, 2.75) is 13.3 Å². The summed E-state index contributed by atoms with van der Waals surface area (Å²) in [5.74, 6) is 2.43. The smallest absolute Gasteiger partial charge is 0.212 e. The van der Waals surface area contributed by atoms with Gasteiger partial charge in [-0.05, 0) is 18.2 Å². The molecule has 2 heterocycles. The van der Waals surface area contributed by atoms with Gasteiger partial charge < -0.3 is 14.7 Å². The molecule has 20 heavy (non-hydrogen) atoms. The van der Waals surface area contributed by atoms with E-state index in [2.05, 4.69) is 21.1 Å². The summed E-state index contributed by atoms with van der Waals surface area (Å²) in [6.07, 6.45) is 0.827. The predicted octanol–water partition coefficient (Wildman–Crippen LogP) is 4.51. The number of benzene rings is 1. The van der Waals surface area contributed by atoms with Crippen LogP contribution >= 0.6 is 15.9 Å². The fourth-order valence-electron chi connectivity index (χ4n) is 2.08. The summed E-state index contributed by atoms with van der Waals surface area (Å²) in [7, 11) is 0. The average Bonchev–Trinajstić information content (AvgIpc) is 3.06. The Hall–Kier alpha value is -2.01. The molecule has 0 saturated heterocycles. The summed E-state index contributed by atoms with van der Waals surface area (Å²) in [5, 5.41) is 3.87. The van der Waals surface area contributed by atoms with E-state index in [-0.39, 0.29) is 0 Å². The lowest BCUT2D eigenvalue weighted by molar-refractivity contribution is 0.416. The van der Waals surface area contributed by atoms with Gasteiger partial charge in [0.1, 0.15) is 5.76 Å². The van der Waals surface area contributed by atoms with Crippen molar-refractivity contribution in [1.82, 2.24) is 5.16 Å². The fraction of sp³-hybridized carbons (Fsp3) is 0.133. The van der Waals surface area contributed by atoms with Crippen molar-refractivity contribution in [2.75, 3.05) is 5.73 Å². The molecule has 0 fully saturated rings. The lowest BCUT2D eigenvalue weighted by atomic mass is 10.0. The lowest BCUT2D eigenvalue weighted by Gasteiger charge is -2.03.